The predicted molar refractivity (Wildman–Crippen MR) is 90.3 cm³/mol. The zero-order valence-electron chi connectivity index (χ0n) is 13.4. The fourth-order valence-corrected chi connectivity index (χ4v) is 2.67. The minimum Gasteiger partial charge on any atom is -0.329 e. The van der Waals surface area contributed by atoms with E-state index >= 15 is 0 Å². The molecule has 112 valence electrons. The molecule has 0 heterocycles. The molecular formula is C19H26N2. The lowest BCUT2D eigenvalue weighted by molar-refractivity contribution is 0.264. The van der Waals surface area contributed by atoms with E-state index in [1.165, 1.54) is 27.8 Å². The molecule has 2 aromatic rings. The van der Waals surface area contributed by atoms with E-state index in [2.05, 4.69) is 68.1 Å². The van der Waals surface area contributed by atoms with Crippen LogP contribution in [0.25, 0.3) is 0 Å². The van der Waals surface area contributed by atoms with Gasteiger partial charge in [0, 0.05) is 26.2 Å². The van der Waals surface area contributed by atoms with Gasteiger partial charge in [-0.15, -0.1) is 0 Å². The number of nitrogens with two attached hydrogens (primary N) is 1. The zero-order valence-corrected chi connectivity index (χ0v) is 13.4. The predicted octanol–water partition coefficient (Wildman–Crippen LogP) is 3.57. The van der Waals surface area contributed by atoms with Crippen LogP contribution in [0, 0.1) is 20.8 Å². The minimum absolute atomic E-state index is 0.691. The molecule has 0 bridgehead atoms. The van der Waals surface area contributed by atoms with Crippen LogP contribution < -0.4 is 5.73 Å². The molecule has 2 heteroatoms. The lowest BCUT2D eigenvalue weighted by Gasteiger charge is -2.23. The van der Waals surface area contributed by atoms with Gasteiger partial charge in [0.15, 0.2) is 0 Å². The van der Waals surface area contributed by atoms with Gasteiger partial charge < -0.3 is 5.73 Å². The van der Waals surface area contributed by atoms with Crippen molar-refractivity contribution >= 4 is 0 Å². The van der Waals surface area contributed by atoms with Crippen LogP contribution in [0.5, 0.6) is 0 Å². The standard InChI is InChI=1S/C19H26N2/c1-15-11-17(3)19(12-16(15)2)14-21(10-9-20)13-18-7-5-4-6-8-18/h4-8,11-12H,9-10,13-14,20H2,1-3H3. The highest BCUT2D eigenvalue weighted by molar-refractivity contribution is 5.36. The van der Waals surface area contributed by atoms with E-state index in [-0.39, 0.29) is 0 Å². The van der Waals surface area contributed by atoms with E-state index in [1.807, 2.05) is 0 Å². The van der Waals surface area contributed by atoms with Gasteiger partial charge in [-0.3, -0.25) is 4.90 Å². The summed E-state index contributed by atoms with van der Waals surface area (Å²) in [5.74, 6) is 0. The molecule has 0 saturated carbocycles. The molecule has 0 spiro atoms. The first-order valence-electron chi connectivity index (χ1n) is 7.63. The largest absolute Gasteiger partial charge is 0.329 e. The average molecular weight is 282 g/mol. The molecule has 0 aromatic heterocycles. The van der Waals surface area contributed by atoms with Crippen molar-refractivity contribution < 1.29 is 0 Å². The van der Waals surface area contributed by atoms with Gasteiger partial charge in [-0.2, -0.15) is 0 Å². The maximum absolute atomic E-state index is 5.79. The van der Waals surface area contributed by atoms with Crippen molar-refractivity contribution in [2.45, 2.75) is 33.9 Å². The van der Waals surface area contributed by atoms with E-state index < -0.39 is 0 Å². The van der Waals surface area contributed by atoms with Crippen molar-refractivity contribution in [1.82, 2.24) is 4.90 Å². The summed E-state index contributed by atoms with van der Waals surface area (Å²) in [6.45, 7) is 10.1. The van der Waals surface area contributed by atoms with Crippen LogP contribution in [0.4, 0.5) is 0 Å². The van der Waals surface area contributed by atoms with Crippen LogP contribution >= 0.6 is 0 Å². The van der Waals surface area contributed by atoms with E-state index in [9.17, 15) is 0 Å². The number of nitrogens with zero attached hydrogens (tertiary/aromatic N) is 1. The number of aryl methyl sites for hydroxylation is 3. The van der Waals surface area contributed by atoms with Gasteiger partial charge >= 0.3 is 0 Å². The molecule has 0 aliphatic rings. The quantitative estimate of drug-likeness (QED) is 0.877. The van der Waals surface area contributed by atoms with Gasteiger partial charge in [-0.05, 0) is 48.6 Å². The first-order chi connectivity index (χ1) is 10.1. The van der Waals surface area contributed by atoms with Gasteiger partial charge in [0.2, 0.25) is 0 Å². The van der Waals surface area contributed by atoms with E-state index in [0.29, 0.717) is 6.54 Å². The maximum Gasteiger partial charge on any atom is 0.0240 e. The van der Waals surface area contributed by atoms with E-state index in [1.54, 1.807) is 0 Å². The molecule has 0 atom stereocenters. The second-order valence-electron chi connectivity index (χ2n) is 5.85. The third-order valence-corrected chi connectivity index (χ3v) is 4.04. The molecule has 0 saturated heterocycles. The molecule has 2 aromatic carbocycles. The molecule has 0 unspecified atom stereocenters. The third kappa shape index (κ3) is 4.42. The molecule has 21 heavy (non-hydrogen) atoms. The Morgan fingerprint density at radius 2 is 1.52 bits per heavy atom. The third-order valence-electron chi connectivity index (χ3n) is 4.04. The van der Waals surface area contributed by atoms with Crippen molar-refractivity contribution in [3.05, 3.63) is 70.3 Å². The van der Waals surface area contributed by atoms with Gasteiger partial charge in [0.1, 0.15) is 0 Å². The Kier molecular flexibility index (Phi) is 5.54. The van der Waals surface area contributed by atoms with Crippen molar-refractivity contribution in [2.75, 3.05) is 13.1 Å². The Bertz CT molecular complexity index is 576. The van der Waals surface area contributed by atoms with Crippen LogP contribution in [-0.2, 0) is 13.1 Å². The minimum atomic E-state index is 0.691. The molecule has 0 aliphatic heterocycles. The second kappa shape index (κ2) is 7.39. The monoisotopic (exact) mass is 282 g/mol. The number of benzene rings is 2. The van der Waals surface area contributed by atoms with Crippen LogP contribution in [-0.4, -0.2) is 18.0 Å². The summed E-state index contributed by atoms with van der Waals surface area (Å²) >= 11 is 0. The number of hydrogen-bond acceptors (Lipinski definition) is 2. The fourth-order valence-electron chi connectivity index (χ4n) is 2.67. The zero-order chi connectivity index (χ0) is 15.2. The average Bonchev–Trinajstić information content (AvgIpc) is 2.46. The Labute approximate surface area is 128 Å². The number of rotatable bonds is 6. The highest BCUT2D eigenvalue weighted by atomic mass is 15.1. The fraction of sp³-hybridized carbons (Fsp3) is 0.368. The lowest BCUT2D eigenvalue weighted by Crippen LogP contribution is -2.29. The molecule has 0 amide bonds. The van der Waals surface area contributed by atoms with Gasteiger partial charge in [0.05, 0.1) is 0 Å². The summed E-state index contributed by atoms with van der Waals surface area (Å²) in [4.78, 5) is 2.42. The Balaban J connectivity index is 2.14. The molecule has 2 nitrogen and oxygen atoms in total. The van der Waals surface area contributed by atoms with Crippen molar-refractivity contribution in [1.29, 1.82) is 0 Å². The van der Waals surface area contributed by atoms with Gasteiger partial charge in [-0.25, -0.2) is 0 Å². The SMILES string of the molecule is Cc1cc(C)c(CN(CCN)Cc2ccccc2)cc1C. The van der Waals surface area contributed by atoms with Gasteiger partial charge in [0.25, 0.3) is 0 Å². The summed E-state index contributed by atoms with van der Waals surface area (Å²) in [7, 11) is 0. The summed E-state index contributed by atoms with van der Waals surface area (Å²) in [5, 5.41) is 0. The summed E-state index contributed by atoms with van der Waals surface area (Å²) in [6, 6.07) is 15.2. The van der Waals surface area contributed by atoms with Crippen LogP contribution in [0.2, 0.25) is 0 Å². The smallest absolute Gasteiger partial charge is 0.0240 e. The van der Waals surface area contributed by atoms with Crippen LogP contribution in [0.15, 0.2) is 42.5 Å². The number of hydrogen-bond donors (Lipinski definition) is 1. The highest BCUT2D eigenvalue weighted by Gasteiger charge is 2.09. The Morgan fingerprint density at radius 3 is 2.19 bits per heavy atom. The summed E-state index contributed by atoms with van der Waals surface area (Å²) in [6.07, 6.45) is 0. The van der Waals surface area contributed by atoms with E-state index in [0.717, 1.165) is 19.6 Å². The first kappa shape index (κ1) is 15.7. The van der Waals surface area contributed by atoms with Crippen molar-refractivity contribution in [3.8, 4) is 0 Å². The second-order valence-corrected chi connectivity index (χ2v) is 5.85. The maximum atomic E-state index is 5.79. The molecule has 2 rings (SSSR count). The topological polar surface area (TPSA) is 29.3 Å². The molecule has 2 N–H and O–H groups in total. The molecule has 0 radical (unpaired) electrons. The van der Waals surface area contributed by atoms with Crippen molar-refractivity contribution in [2.24, 2.45) is 5.73 Å². The van der Waals surface area contributed by atoms with E-state index in [4.69, 9.17) is 5.73 Å². The lowest BCUT2D eigenvalue weighted by atomic mass is 10.0. The molecule has 0 aliphatic carbocycles. The first-order valence-corrected chi connectivity index (χ1v) is 7.63. The molecular weight excluding hydrogens is 256 g/mol. The molecule has 0 fully saturated rings. The van der Waals surface area contributed by atoms with Crippen molar-refractivity contribution in [3.63, 3.8) is 0 Å². The van der Waals surface area contributed by atoms with Gasteiger partial charge in [-0.1, -0.05) is 42.5 Å². The summed E-state index contributed by atoms with van der Waals surface area (Å²) < 4.78 is 0. The Morgan fingerprint density at radius 1 is 0.857 bits per heavy atom. The normalized spacial score (nSPS) is 11.1. The summed E-state index contributed by atoms with van der Waals surface area (Å²) in [5.41, 5.74) is 12.6. The van der Waals surface area contributed by atoms with Crippen LogP contribution in [0.1, 0.15) is 27.8 Å². The Hall–Kier alpha value is -1.64. The highest BCUT2D eigenvalue weighted by Crippen LogP contribution is 2.18. The van der Waals surface area contributed by atoms with Crippen LogP contribution in [0.3, 0.4) is 0 Å².